The molecule has 0 radical (unpaired) electrons. The van der Waals surface area contributed by atoms with Crippen molar-refractivity contribution in [3.63, 3.8) is 0 Å². The maximum absolute atomic E-state index is 13.7. The van der Waals surface area contributed by atoms with Crippen LogP contribution < -0.4 is 0 Å². The van der Waals surface area contributed by atoms with E-state index in [1.54, 1.807) is 13.8 Å². The van der Waals surface area contributed by atoms with Gasteiger partial charge in [-0.05, 0) is 13.8 Å². The molecule has 0 fully saturated rings. The number of carboxylic acid groups (broad SMARTS) is 1. The van der Waals surface area contributed by atoms with Crippen LogP contribution in [0.1, 0.15) is 22.0 Å². The lowest BCUT2D eigenvalue weighted by atomic mass is 10.1. The standard InChI is InChI=1S/C11H9FN4O4/c1-5-13-6(2)15(14-5)9-4-8(12)7(11(17)18)3-10(9)16(19)20/h3-4H,1-2H3,(H,17,18). The van der Waals surface area contributed by atoms with Crippen LogP contribution in [0.4, 0.5) is 10.1 Å². The lowest BCUT2D eigenvalue weighted by Crippen LogP contribution is -2.08. The number of nitro benzene ring substituents is 1. The first kappa shape index (κ1) is 13.6. The fourth-order valence-corrected chi connectivity index (χ4v) is 1.78. The summed E-state index contributed by atoms with van der Waals surface area (Å²) in [5.74, 6) is -1.97. The van der Waals surface area contributed by atoms with Crippen LogP contribution in [-0.4, -0.2) is 30.8 Å². The van der Waals surface area contributed by atoms with E-state index in [0.717, 1.165) is 10.7 Å². The van der Waals surface area contributed by atoms with Crippen LogP contribution in [-0.2, 0) is 0 Å². The number of carboxylic acids is 1. The Morgan fingerprint density at radius 2 is 2.10 bits per heavy atom. The highest BCUT2D eigenvalue weighted by atomic mass is 19.1. The smallest absolute Gasteiger partial charge is 0.338 e. The van der Waals surface area contributed by atoms with E-state index in [1.807, 2.05) is 0 Å². The molecule has 0 unspecified atom stereocenters. The van der Waals surface area contributed by atoms with Gasteiger partial charge in [0.15, 0.2) is 0 Å². The third-order valence-corrected chi connectivity index (χ3v) is 2.59. The van der Waals surface area contributed by atoms with Crippen molar-refractivity contribution < 1.29 is 19.2 Å². The molecule has 0 spiro atoms. The average molecular weight is 280 g/mol. The number of hydrogen-bond donors (Lipinski definition) is 1. The molecule has 1 heterocycles. The third kappa shape index (κ3) is 2.20. The van der Waals surface area contributed by atoms with Crippen molar-refractivity contribution in [1.29, 1.82) is 0 Å². The lowest BCUT2D eigenvalue weighted by Gasteiger charge is -2.06. The van der Waals surface area contributed by atoms with Crippen molar-refractivity contribution >= 4 is 11.7 Å². The van der Waals surface area contributed by atoms with Gasteiger partial charge in [0.2, 0.25) is 0 Å². The summed E-state index contributed by atoms with van der Waals surface area (Å²) in [7, 11) is 0. The van der Waals surface area contributed by atoms with Gasteiger partial charge < -0.3 is 5.11 Å². The Hall–Kier alpha value is -2.84. The largest absolute Gasteiger partial charge is 0.478 e. The zero-order chi connectivity index (χ0) is 15.0. The number of halogens is 1. The Kier molecular flexibility index (Phi) is 3.18. The molecule has 1 N–H and O–H groups in total. The van der Waals surface area contributed by atoms with Crippen molar-refractivity contribution in [3.8, 4) is 5.69 Å². The second-order valence-electron chi connectivity index (χ2n) is 4.00. The molecule has 2 rings (SSSR count). The highest BCUT2D eigenvalue weighted by molar-refractivity contribution is 5.89. The molecule has 2 aromatic rings. The van der Waals surface area contributed by atoms with Gasteiger partial charge in [0.25, 0.3) is 5.69 Å². The molecule has 0 aliphatic heterocycles. The molecule has 20 heavy (non-hydrogen) atoms. The maximum atomic E-state index is 13.7. The van der Waals surface area contributed by atoms with Gasteiger partial charge in [-0.3, -0.25) is 10.1 Å². The molecule has 0 aliphatic rings. The summed E-state index contributed by atoms with van der Waals surface area (Å²) in [6, 6.07) is 1.44. The Morgan fingerprint density at radius 1 is 1.45 bits per heavy atom. The molecule has 104 valence electrons. The topological polar surface area (TPSA) is 111 Å². The number of nitro groups is 1. The van der Waals surface area contributed by atoms with Gasteiger partial charge in [-0.2, -0.15) is 5.10 Å². The summed E-state index contributed by atoms with van der Waals surface area (Å²) in [4.78, 5) is 25.0. The Labute approximate surface area is 111 Å². The van der Waals surface area contributed by atoms with Crippen LogP contribution in [0.5, 0.6) is 0 Å². The van der Waals surface area contributed by atoms with Gasteiger partial charge in [0, 0.05) is 12.1 Å². The highest BCUT2D eigenvalue weighted by Gasteiger charge is 2.24. The van der Waals surface area contributed by atoms with Crippen molar-refractivity contribution in [1.82, 2.24) is 14.8 Å². The molecule has 8 nitrogen and oxygen atoms in total. The maximum Gasteiger partial charge on any atom is 0.338 e. The van der Waals surface area contributed by atoms with Crippen LogP contribution in [0, 0.1) is 29.8 Å². The van der Waals surface area contributed by atoms with Gasteiger partial charge in [0.1, 0.15) is 28.7 Å². The number of hydrogen-bond acceptors (Lipinski definition) is 5. The van der Waals surface area contributed by atoms with E-state index in [9.17, 15) is 19.3 Å². The predicted molar refractivity (Wildman–Crippen MR) is 64.4 cm³/mol. The van der Waals surface area contributed by atoms with Crippen LogP contribution in [0.15, 0.2) is 12.1 Å². The first-order valence-electron chi connectivity index (χ1n) is 5.43. The second kappa shape index (κ2) is 4.68. The van der Waals surface area contributed by atoms with Crippen molar-refractivity contribution in [2.45, 2.75) is 13.8 Å². The summed E-state index contributed by atoms with van der Waals surface area (Å²) in [5.41, 5.74) is -1.50. The van der Waals surface area contributed by atoms with Gasteiger partial charge in [-0.25, -0.2) is 18.9 Å². The minimum absolute atomic E-state index is 0.171. The van der Waals surface area contributed by atoms with Crippen LogP contribution in [0.3, 0.4) is 0 Å². The molecule has 0 saturated heterocycles. The molecule has 0 amide bonds. The van der Waals surface area contributed by atoms with Crippen molar-refractivity contribution in [2.24, 2.45) is 0 Å². The Balaban J connectivity index is 2.76. The Morgan fingerprint density at radius 3 is 2.55 bits per heavy atom. The zero-order valence-corrected chi connectivity index (χ0v) is 10.5. The van der Waals surface area contributed by atoms with E-state index in [-0.39, 0.29) is 5.69 Å². The van der Waals surface area contributed by atoms with Crippen LogP contribution in [0.2, 0.25) is 0 Å². The lowest BCUT2D eigenvalue weighted by molar-refractivity contribution is -0.384. The fourth-order valence-electron chi connectivity index (χ4n) is 1.78. The zero-order valence-electron chi connectivity index (χ0n) is 10.5. The SMILES string of the molecule is Cc1nc(C)n(-c2cc(F)c(C(=O)O)cc2[N+](=O)[O-])n1. The van der Waals surface area contributed by atoms with Gasteiger partial charge >= 0.3 is 5.97 Å². The molecule has 0 bridgehead atoms. The fraction of sp³-hybridized carbons (Fsp3) is 0.182. The van der Waals surface area contributed by atoms with E-state index in [1.165, 1.54) is 0 Å². The van der Waals surface area contributed by atoms with E-state index in [2.05, 4.69) is 10.1 Å². The summed E-state index contributed by atoms with van der Waals surface area (Å²) in [6.07, 6.45) is 0. The molecular formula is C11H9FN4O4. The normalized spacial score (nSPS) is 10.6. The third-order valence-electron chi connectivity index (χ3n) is 2.59. The minimum Gasteiger partial charge on any atom is -0.478 e. The van der Waals surface area contributed by atoms with Crippen molar-refractivity contribution in [2.75, 3.05) is 0 Å². The quantitative estimate of drug-likeness (QED) is 0.675. The molecular weight excluding hydrogens is 271 g/mol. The van der Waals surface area contributed by atoms with Gasteiger partial charge in [0.05, 0.1) is 4.92 Å². The van der Waals surface area contributed by atoms with Crippen LogP contribution >= 0.6 is 0 Å². The summed E-state index contributed by atoms with van der Waals surface area (Å²) in [5, 5.41) is 23.7. The number of rotatable bonds is 3. The first-order valence-corrected chi connectivity index (χ1v) is 5.43. The number of aromatic nitrogens is 3. The molecule has 1 aromatic carbocycles. The summed E-state index contributed by atoms with van der Waals surface area (Å²) in [6.45, 7) is 3.13. The average Bonchev–Trinajstić information content (AvgIpc) is 2.67. The first-order chi connectivity index (χ1) is 9.31. The number of carbonyl (C=O) groups is 1. The number of nitrogens with zero attached hydrogens (tertiary/aromatic N) is 4. The summed E-state index contributed by atoms with van der Waals surface area (Å²) >= 11 is 0. The molecule has 0 saturated carbocycles. The molecule has 1 aromatic heterocycles. The highest BCUT2D eigenvalue weighted by Crippen LogP contribution is 2.27. The minimum atomic E-state index is -1.58. The monoisotopic (exact) mass is 280 g/mol. The molecule has 0 atom stereocenters. The van der Waals surface area contributed by atoms with E-state index in [4.69, 9.17) is 5.11 Å². The van der Waals surface area contributed by atoms with E-state index >= 15 is 0 Å². The second-order valence-corrected chi connectivity index (χ2v) is 4.00. The van der Waals surface area contributed by atoms with Gasteiger partial charge in [-0.15, -0.1) is 0 Å². The van der Waals surface area contributed by atoms with E-state index in [0.29, 0.717) is 17.7 Å². The van der Waals surface area contributed by atoms with Gasteiger partial charge in [-0.1, -0.05) is 0 Å². The number of aromatic carboxylic acids is 1. The predicted octanol–water partition coefficient (Wildman–Crippen LogP) is 1.63. The van der Waals surface area contributed by atoms with Crippen molar-refractivity contribution in [3.05, 3.63) is 45.3 Å². The van der Waals surface area contributed by atoms with Crippen LogP contribution in [0.25, 0.3) is 5.69 Å². The molecule has 9 heteroatoms. The molecule has 0 aliphatic carbocycles. The summed E-state index contributed by atoms with van der Waals surface area (Å²) < 4.78 is 14.8. The van der Waals surface area contributed by atoms with E-state index < -0.39 is 28.0 Å². The Bertz CT molecular complexity index is 725. The number of benzene rings is 1. The number of aryl methyl sites for hydroxylation is 2.